The molecule has 130 valence electrons. The average molecular weight is 358 g/mol. The van der Waals surface area contributed by atoms with Crippen LogP contribution in [0.1, 0.15) is 23.8 Å². The number of hydrogen-bond donors (Lipinski definition) is 2. The van der Waals surface area contributed by atoms with Crippen molar-refractivity contribution in [2.24, 2.45) is 5.73 Å². The zero-order valence-electron chi connectivity index (χ0n) is 13.7. The number of hydrogen-bond acceptors (Lipinski definition) is 6. The van der Waals surface area contributed by atoms with E-state index in [-0.39, 0.29) is 6.04 Å². The molecule has 2 aromatic heterocycles. The van der Waals surface area contributed by atoms with Crippen molar-refractivity contribution in [3.05, 3.63) is 49.3 Å². The Balaban J connectivity index is 2.11. The molecule has 1 aromatic carbocycles. The highest BCUT2D eigenvalue weighted by Gasteiger charge is 2.30. The molecule has 7 nitrogen and oxygen atoms in total. The Morgan fingerprint density at radius 1 is 1.32 bits per heavy atom. The largest absolute Gasteiger partial charge is 0.494 e. The Morgan fingerprint density at radius 2 is 2.08 bits per heavy atom. The quantitative estimate of drug-likeness (QED) is 0.686. The van der Waals surface area contributed by atoms with Gasteiger partial charge in [0.1, 0.15) is 5.52 Å². The molecule has 0 radical (unpaired) electrons. The molecule has 1 aliphatic carbocycles. The van der Waals surface area contributed by atoms with Crippen LogP contribution in [0, 0.1) is 0 Å². The lowest BCUT2D eigenvalue weighted by atomic mass is 10.0. The normalized spacial score (nSPS) is 14.2. The van der Waals surface area contributed by atoms with E-state index >= 15 is 0 Å². The molecule has 1 aliphatic rings. The lowest BCUT2D eigenvalue weighted by Crippen LogP contribution is -2.44. The molecule has 0 saturated heterocycles. The van der Waals surface area contributed by atoms with E-state index in [1.165, 1.54) is 0 Å². The average Bonchev–Trinajstić information content (AvgIpc) is 3.34. The van der Waals surface area contributed by atoms with Gasteiger partial charge in [0, 0.05) is 23.0 Å². The Morgan fingerprint density at radius 3 is 2.68 bits per heavy atom. The van der Waals surface area contributed by atoms with Gasteiger partial charge in [0.05, 0.1) is 12.5 Å². The number of thiophene rings is 1. The van der Waals surface area contributed by atoms with Gasteiger partial charge < -0.3 is 16.3 Å². The van der Waals surface area contributed by atoms with Crippen LogP contribution in [0.4, 0.5) is 0 Å². The van der Waals surface area contributed by atoms with E-state index in [0.29, 0.717) is 27.9 Å². The zero-order valence-corrected chi connectivity index (χ0v) is 14.5. The number of fused-ring (bicyclic) bond motifs is 1. The molecule has 0 atom stereocenters. The number of methoxy groups -OCH3 is 1. The van der Waals surface area contributed by atoms with Gasteiger partial charge in [0.15, 0.2) is 5.75 Å². The fraction of sp³-hybridized carbons (Fsp3) is 0.294. The number of aromatic nitrogens is 2. The van der Waals surface area contributed by atoms with Crippen LogP contribution in [-0.4, -0.2) is 16.4 Å². The number of ether oxygens (including phenoxy) is 1. The standard InChI is InChI=1S/C17H18N4O3S/c1-24-15-12(9-6-11(7-18)25-8-9)4-5-13-14(15)20(10-2-3-10)17(23)21(19)16(13)22/h4-6,8,10H,2-3,7,18-19H2,1H3. The minimum Gasteiger partial charge on any atom is -0.494 e. The molecule has 2 heterocycles. The number of nitrogens with two attached hydrogens (primary N) is 2. The first kappa shape index (κ1) is 15.9. The van der Waals surface area contributed by atoms with Crippen molar-refractivity contribution in [2.45, 2.75) is 25.4 Å². The molecule has 0 spiro atoms. The van der Waals surface area contributed by atoms with E-state index in [1.807, 2.05) is 17.5 Å². The Bertz CT molecular complexity index is 1090. The maximum absolute atomic E-state index is 12.6. The van der Waals surface area contributed by atoms with E-state index in [1.54, 1.807) is 29.1 Å². The van der Waals surface area contributed by atoms with Crippen LogP contribution in [0.5, 0.6) is 5.75 Å². The van der Waals surface area contributed by atoms with Crippen molar-refractivity contribution in [3.8, 4) is 16.9 Å². The van der Waals surface area contributed by atoms with Crippen molar-refractivity contribution in [3.63, 3.8) is 0 Å². The van der Waals surface area contributed by atoms with Gasteiger partial charge in [-0.3, -0.25) is 9.36 Å². The van der Waals surface area contributed by atoms with Crippen LogP contribution in [0.3, 0.4) is 0 Å². The lowest BCUT2D eigenvalue weighted by molar-refractivity contribution is 0.417. The SMILES string of the molecule is COc1c(-c2csc(CN)c2)ccc2c(=O)n(N)c(=O)n(C3CC3)c12. The van der Waals surface area contributed by atoms with Gasteiger partial charge in [0.2, 0.25) is 0 Å². The molecule has 1 saturated carbocycles. The fourth-order valence-corrected chi connectivity index (χ4v) is 3.91. The summed E-state index contributed by atoms with van der Waals surface area (Å²) in [6.45, 7) is 0.464. The highest BCUT2D eigenvalue weighted by molar-refractivity contribution is 7.10. The summed E-state index contributed by atoms with van der Waals surface area (Å²) in [7, 11) is 1.55. The molecular formula is C17H18N4O3S. The lowest BCUT2D eigenvalue weighted by Gasteiger charge is -2.16. The Kier molecular flexibility index (Phi) is 3.66. The molecule has 1 fully saturated rings. The molecule has 0 aliphatic heterocycles. The predicted octanol–water partition coefficient (Wildman–Crippen LogP) is 1.41. The van der Waals surface area contributed by atoms with Gasteiger partial charge in [-0.25, -0.2) is 4.79 Å². The maximum Gasteiger partial charge on any atom is 0.350 e. The fourth-order valence-electron chi connectivity index (χ4n) is 3.15. The molecule has 4 N–H and O–H groups in total. The van der Waals surface area contributed by atoms with E-state index in [9.17, 15) is 9.59 Å². The molecule has 0 amide bonds. The van der Waals surface area contributed by atoms with Crippen LogP contribution in [0.2, 0.25) is 0 Å². The summed E-state index contributed by atoms with van der Waals surface area (Å²) < 4.78 is 7.92. The van der Waals surface area contributed by atoms with Gasteiger partial charge in [-0.05, 0) is 42.0 Å². The Labute approximate surface area is 147 Å². The van der Waals surface area contributed by atoms with Gasteiger partial charge >= 0.3 is 5.69 Å². The summed E-state index contributed by atoms with van der Waals surface area (Å²) in [5, 5.41) is 2.37. The van der Waals surface area contributed by atoms with Gasteiger partial charge in [-0.15, -0.1) is 11.3 Å². The van der Waals surface area contributed by atoms with E-state index in [2.05, 4.69) is 0 Å². The predicted molar refractivity (Wildman–Crippen MR) is 98.6 cm³/mol. The minimum absolute atomic E-state index is 0.0524. The summed E-state index contributed by atoms with van der Waals surface area (Å²) >= 11 is 1.57. The summed E-state index contributed by atoms with van der Waals surface area (Å²) in [5.74, 6) is 6.21. The number of rotatable bonds is 4. The number of nitrogens with zero attached hydrogens (tertiary/aromatic N) is 2. The molecule has 0 unspecified atom stereocenters. The van der Waals surface area contributed by atoms with Gasteiger partial charge in [0.25, 0.3) is 5.56 Å². The van der Waals surface area contributed by atoms with Crippen LogP contribution in [0.25, 0.3) is 22.0 Å². The van der Waals surface area contributed by atoms with E-state index in [0.717, 1.165) is 28.8 Å². The van der Waals surface area contributed by atoms with Gasteiger partial charge in [-0.2, -0.15) is 4.68 Å². The van der Waals surface area contributed by atoms with Crippen molar-refractivity contribution < 1.29 is 4.74 Å². The third-order valence-corrected chi connectivity index (χ3v) is 5.47. The zero-order chi connectivity index (χ0) is 17.7. The second-order valence-electron chi connectivity index (χ2n) is 6.11. The summed E-state index contributed by atoms with van der Waals surface area (Å²) in [6, 6.07) is 5.58. The molecule has 3 aromatic rings. The summed E-state index contributed by atoms with van der Waals surface area (Å²) in [6.07, 6.45) is 1.77. The smallest absolute Gasteiger partial charge is 0.350 e. The first-order chi connectivity index (χ1) is 12.1. The highest BCUT2D eigenvalue weighted by Crippen LogP contribution is 2.41. The number of benzene rings is 1. The second kappa shape index (κ2) is 5.75. The van der Waals surface area contributed by atoms with Gasteiger partial charge in [-0.1, -0.05) is 0 Å². The van der Waals surface area contributed by atoms with Crippen molar-refractivity contribution in [2.75, 3.05) is 13.0 Å². The van der Waals surface area contributed by atoms with E-state index in [4.69, 9.17) is 16.3 Å². The highest BCUT2D eigenvalue weighted by atomic mass is 32.1. The third-order valence-electron chi connectivity index (χ3n) is 4.52. The van der Waals surface area contributed by atoms with Crippen LogP contribution >= 0.6 is 11.3 Å². The first-order valence-corrected chi connectivity index (χ1v) is 8.86. The monoisotopic (exact) mass is 358 g/mol. The topological polar surface area (TPSA) is 105 Å². The molecule has 0 bridgehead atoms. The molecule has 8 heteroatoms. The number of nitrogen functional groups attached to an aromatic ring is 1. The summed E-state index contributed by atoms with van der Waals surface area (Å²) in [4.78, 5) is 26.1. The van der Waals surface area contributed by atoms with Crippen molar-refractivity contribution >= 4 is 22.2 Å². The summed E-state index contributed by atoms with van der Waals surface area (Å²) in [5.41, 5.74) is 6.97. The van der Waals surface area contributed by atoms with Crippen LogP contribution in [0.15, 0.2) is 33.2 Å². The first-order valence-electron chi connectivity index (χ1n) is 7.98. The van der Waals surface area contributed by atoms with Crippen molar-refractivity contribution in [1.82, 2.24) is 9.24 Å². The van der Waals surface area contributed by atoms with Crippen LogP contribution in [-0.2, 0) is 6.54 Å². The third kappa shape index (κ3) is 2.37. The molecule has 25 heavy (non-hydrogen) atoms. The Hall–Kier alpha value is -2.58. The second-order valence-corrected chi connectivity index (χ2v) is 7.10. The van der Waals surface area contributed by atoms with Crippen LogP contribution < -0.4 is 27.6 Å². The van der Waals surface area contributed by atoms with Crippen molar-refractivity contribution in [1.29, 1.82) is 0 Å². The van der Waals surface area contributed by atoms with E-state index < -0.39 is 11.2 Å². The maximum atomic E-state index is 12.6. The minimum atomic E-state index is -0.519. The molecular weight excluding hydrogens is 340 g/mol. The molecule has 4 rings (SSSR count).